The van der Waals surface area contributed by atoms with Crippen LogP contribution in [0.3, 0.4) is 0 Å². The molecule has 0 saturated heterocycles. The Bertz CT molecular complexity index is 913. The van der Waals surface area contributed by atoms with Crippen LogP contribution in [0.5, 0.6) is 11.5 Å². The van der Waals surface area contributed by atoms with Gasteiger partial charge in [-0.3, -0.25) is 14.8 Å². The smallest absolute Gasteiger partial charge is 0.490 e. The van der Waals surface area contributed by atoms with Crippen LogP contribution in [0, 0.1) is 10.1 Å². The molecule has 0 atom stereocenters. The average Bonchev–Trinajstić information content (AvgIpc) is 2.54. The summed E-state index contributed by atoms with van der Waals surface area (Å²) in [5.74, 6) is -0.650. The molecule has 0 aromatic heterocycles. The number of anilines is 1. The molecule has 2 aromatic rings. The Balaban J connectivity index is 2.26. The van der Waals surface area contributed by atoms with E-state index in [1.807, 2.05) is 0 Å². The van der Waals surface area contributed by atoms with Crippen LogP contribution in [-0.4, -0.2) is 26.8 Å². The van der Waals surface area contributed by atoms with Crippen LogP contribution < -0.4 is 14.2 Å². The van der Waals surface area contributed by atoms with Gasteiger partial charge in [0.15, 0.2) is 5.75 Å². The molecule has 0 fully saturated rings. The molecular weight excluding hydrogens is 381 g/mol. The van der Waals surface area contributed by atoms with E-state index in [4.69, 9.17) is 4.74 Å². The van der Waals surface area contributed by atoms with Gasteiger partial charge in [-0.25, -0.2) is 8.42 Å². The van der Waals surface area contributed by atoms with Crippen molar-refractivity contribution < 1.29 is 36.0 Å². The summed E-state index contributed by atoms with van der Waals surface area (Å²) in [7, 11) is -3.02. The Morgan fingerprint density at radius 1 is 1.12 bits per heavy atom. The third-order valence-corrected chi connectivity index (χ3v) is 4.38. The van der Waals surface area contributed by atoms with Crippen LogP contribution in [-0.2, 0) is 10.0 Å². The number of methoxy groups -OCH3 is 1. The van der Waals surface area contributed by atoms with Crippen LogP contribution in [0.15, 0.2) is 47.4 Å². The molecule has 0 unspecified atom stereocenters. The quantitative estimate of drug-likeness (QED) is 0.597. The number of nitro benzene ring substituents is 1. The van der Waals surface area contributed by atoms with E-state index in [-0.39, 0.29) is 11.4 Å². The average molecular weight is 392 g/mol. The van der Waals surface area contributed by atoms with Crippen LogP contribution in [0.25, 0.3) is 0 Å². The summed E-state index contributed by atoms with van der Waals surface area (Å²) < 4.78 is 71.5. The Morgan fingerprint density at radius 3 is 2.23 bits per heavy atom. The van der Waals surface area contributed by atoms with Gasteiger partial charge in [0, 0.05) is 11.8 Å². The SMILES string of the molecule is COc1ccc(S(=O)(=O)Nc2ccc(OC(F)(F)F)cc2)cc1[N+](=O)[O-]. The summed E-state index contributed by atoms with van der Waals surface area (Å²) >= 11 is 0. The number of nitrogens with one attached hydrogen (secondary N) is 1. The van der Waals surface area contributed by atoms with Crippen LogP contribution in [0.4, 0.5) is 24.5 Å². The number of alkyl halides is 3. The van der Waals surface area contributed by atoms with Crippen molar-refractivity contribution in [2.45, 2.75) is 11.3 Å². The van der Waals surface area contributed by atoms with Gasteiger partial charge < -0.3 is 9.47 Å². The second-order valence-corrected chi connectivity index (χ2v) is 6.45. The summed E-state index contributed by atoms with van der Waals surface area (Å²) in [4.78, 5) is 9.75. The Morgan fingerprint density at radius 2 is 1.73 bits per heavy atom. The van der Waals surface area contributed by atoms with E-state index in [1.165, 1.54) is 7.11 Å². The lowest BCUT2D eigenvalue weighted by atomic mass is 10.3. The zero-order chi connectivity index (χ0) is 19.5. The predicted molar refractivity (Wildman–Crippen MR) is 83.6 cm³/mol. The van der Waals surface area contributed by atoms with Gasteiger partial charge in [-0.2, -0.15) is 0 Å². The van der Waals surface area contributed by atoms with E-state index >= 15 is 0 Å². The van der Waals surface area contributed by atoms with Crippen molar-refractivity contribution in [1.82, 2.24) is 0 Å². The van der Waals surface area contributed by atoms with Gasteiger partial charge in [-0.05, 0) is 36.4 Å². The molecule has 1 N–H and O–H groups in total. The van der Waals surface area contributed by atoms with E-state index in [1.54, 1.807) is 0 Å². The highest BCUT2D eigenvalue weighted by Crippen LogP contribution is 2.30. The molecule has 0 saturated carbocycles. The summed E-state index contributed by atoms with van der Waals surface area (Å²) in [5, 5.41) is 11.0. The first-order valence-corrected chi connectivity index (χ1v) is 8.21. The van der Waals surface area contributed by atoms with Crippen LogP contribution in [0.1, 0.15) is 0 Å². The number of halogens is 3. The molecule has 0 radical (unpaired) electrons. The van der Waals surface area contributed by atoms with Gasteiger partial charge in [-0.15, -0.1) is 13.2 Å². The molecule has 26 heavy (non-hydrogen) atoms. The fourth-order valence-electron chi connectivity index (χ4n) is 1.92. The monoisotopic (exact) mass is 392 g/mol. The van der Waals surface area contributed by atoms with Crippen molar-refractivity contribution in [3.63, 3.8) is 0 Å². The molecule has 0 spiro atoms. The normalized spacial score (nSPS) is 11.7. The number of hydrogen-bond donors (Lipinski definition) is 1. The Kier molecular flexibility index (Phi) is 5.25. The summed E-state index contributed by atoms with van der Waals surface area (Å²) in [5.41, 5.74) is -0.609. The molecule has 0 aliphatic carbocycles. The lowest BCUT2D eigenvalue weighted by Gasteiger charge is -2.11. The second kappa shape index (κ2) is 7.07. The number of nitrogens with zero attached hydrogens (tertiary/aromatic N) is 1. The summed E-state index contributed by atoms with van der Waals surface area (Å²) in [6.07, 6.45) is -4.87. The highest BCUT2D eigenvalue weighted by molar-refractivity contribution is 7.92. The molecule has 12 heteroatoms. The van der Waals surface area contributed by atoms with Crippen molar-refractivity contribution in [3.8, 4) is 11.5 Å². The molecule has 0 bridgehead atoms. The van der Waals surface area contributed by atoms with Crippen molar-refractivity contribution in [2.75, 3.05) is 11.8 Å². The van der Waals surface area contributed by atoms with Gasteiger partial charge in [-0.1, -0.05) is 0 Å². The van der Waals surface area contributed by atoms with E-state index in [0.717, 1.165) is 42.5 Å². The van der Waals surface area contributed by atoms with Gasteiger partial charge in [0.05, 0.1) is 16.9 Å². The molecular formula is C14H11F3N2O6S. The minimum Gasteiger partial charge on any atom is -0.490 e. The van der Waals surface area contributed by atoms with Gasteiger partial charge >= 0.3 is 12.0 Å². The van der Waals surface area contributed by atoms with Crippen molar-refractivity contribution in [3.05, 3.63) is 52.6 Å². The predicted octanol–water partition coefficient (Wildman–Crippen LogP) is 3.30. The Hall–Kier alpha value is -3.02. The minimum absolute atomic E-state index is 0.0574. The lowest BCUT2D eigenvalue weighted by molar-refractivity contribution is -0.386. The molecule has 0 heterocycles. The van der Waals surface area contributed by atoms with Crippen LogP contribution >= 0.6 is 0 Å². The number of nitro groups is 1. The van der Waals surface area contributed by atoms with E-state index in [9.17, 15) is 31.7 Å². The van der Waals surface area contributed by atoms with Gasteiger partial charge in [0.1, 0.15) is 5.75 Å². The molecule has 0 aliphatic heterocycles. The maximum atomic E-state index is 12.3. The summed E-state index contributed by atoms with van der Waals surface area (Å²) in [6, 6.07) is 6.96. The highest BCUT2D eigenvalue weighted by atomic mass is 32.2. The van der Waals surface area contributed by atoms with E-state index in [0.29, 0.717) is 0 Å². The molecule has 0 aliphatic rings. The summed E-state index contributed by atoms with van der Waals surface area (Å²) in [6.45, 7) is 0. The first-order chi connectivity index (χ1) is 12.0. The van der Waals surface area contributed by atoms with E-state index < -0.39 is 37.6 Å². The zero-order valence-corrected chi connectivity index (χ0v) is 13.8. The maximum absolute atomic E-state index is 12.3. The number of rotatable bonds is 6. The third-order valence-electron chi connectivity index (χ3n) is 3.00. The molecule has 140 valence electrons. The second-order valence-electron chi connectivity index (χ2n) is 4.77. The van der Waals surface area contributed by atoms with E-state index in [2.05, 4.69) is 9.46 Å². The first-order valence-electron chi connectivity index (χ1n) is 6.73. The fraction of sp³-hybridized carbons (Fsp3) is 0.143. The molecule has 0 amide bonds. The standard InChI is InChI=1S/C14H11F3N2O6S/c1-24-13-7-6-11(8-12(13)19(20)21)26(22,23)18-9-2-4-10(5-3-9)25-14(15,16)17/h2-8,18H,1H3. The van der Waals surface area contributed by atoms with Crippen molar-refractivity contribution >= 4 is 21.4 Å². The topological polar surface area (TPSA) is 108 Å². The Labute approximate surface area is 145 Å². The molecule has 2 rings (SSSR count). The van der Waals surface area contributed by atoms with Gasteiger partial charge in [0.2, 0.25) is 0 Å². The number of ether oxygens (including phenoxy) is 2. The number of benzene rings is 2. The first kappa shape index (κ1) is 19.3. The molecule has 8 nitrogen and oxygen atoms in total. The van der Waals surface area contributed by atoms with Crippen molar-refractivity contribution in [2.24, 2.45) is 0 Å². The number of sulfonamides is 1. The zero-order valence-electron chi connectivity index (χ0n) is 13.0. The van der Waals surface area contributed by atoms with Crippen LogP contribution in [0.2, 0.25) is 0 Å². The lowest BCUT2D eigenvalue weighted by Crippen LogP contribution is -2.17. The largest absolute Gasteiger partial charge is 0.573 e. The van der Waals surface area contributed by atoms with Crippen molar-refractivity contribution in [1.29, 1.82) is 0 Å². The molecule has 2 aromatic carbocycles. The fourth-order valence-corrected chi connectivity index (χ4v) is 3.00. The third kappa shape index (κ3) is 4.75. The number of hydrogen-bond acceptors (Lipinski definition) is 6. The van der Waals surface area contributed by atoms with Gasteiger partial charge in [0.25, 0.3) is 10.0 Å². The maximum Gasteiger partial charge on any atom is 0.573 e. The highest BCUT2D eigenvalue weighted by Gasteiger charge is 2.31. The minimum atomic E-state index is -4.87.